The van der Waals surface area contributed by atoms with Gasteiger partial charge in [-0.25, -0.2) is 0 Å². The molecule has 0 aliphatic rings. The first-order valence-corrected chi connectivity index (χ1v) is 4.39. The Bertz CT molecular complexity index is 552. The number of rotatable bonds is 1. The van der Waals surface area contributed by atoms with E-state index in [1.807, 2.05) is 0 Å². The number of nitrogen functional groups attached to an aromatic ring is 1. The summed E-state index contributed by atoms with van der Waals surface area (Å²) in [6.07, 6.45) is 1.55. The minimum absolute atomic E-state index is 0.0700. The summed E-state index contributed by atoms with van der Waals surface area (Å²) in [5.41, 5.74) is 7.53. The number of nitro benzene ring substituents is 1. The van der Waals surface area contributed by atoms with Crippen molar-refractivity contribution >= 4 is 22.3 Å². The van der Waals surface area contributed by atoms with Crippen LogP contribution in [0, 0.1) is 17.0 Å². The molecule has 2 rings (SSSR count). The molecule has 0 amide bonds. The highest BCUT2D eigenvalue weighted by molar-refractivity contribution is 5.93. The lowest BCUT2D eigenvalue weighted by Crippen LogP contribution is -1.95. The van der Waals surface area contributed by atoms with Crippen LogP contribution in [0.5, 0.6) is 0 Å². The lowest BCUT2D eigenvalue weighted by Gasteiger charge is -2.04. The van der Waals surface area contributed by atoms with Crippen molar-refractivity contribution in [2.24, 2.45) is 0 Å². The van der Waals surface area contributed by atoms with E-state index in [9.17, 15) is 10.1 Å². The molecule has 0 aliphatic carbocycles. The van der Waals surface area contributed by atoms with E-state index in [2.05, 4.69) is 4.98 Å². The van der Waals surface area contributed by atoms with Gasteiger partial charge in [-0.2, -0.15) is 0 Å². The molecule has 1 aromatic carbocycles. The highest BCUT2D eigenvalue weighted by atomic mass is 16.6. The molecule has 0 atom stereocenters. The maximum Gasteiger partial charge on any atom is 0.274 e. The summed E-state index contributed by atoms with van der Waals surface area (Å²) < 4.78 is 0. The van der Waals surface area contributed by atoms with Gasteiger partial charge >= 0.3 is 0 Å². The highest BCUT2D eigenvalue weighted by Gasteiger charge is 2.14. The number of hydrogen-bond donors (Lipinski definition) is 1. The number of hydrogen-bond acceptors (Lipinski definition) is 4. The van der Waals surface area contributed by atoms with Gasteiger partial charge < -0.3 is 5.73 Å². The van der Waals surface area contributed by atoms with Crippen molar-refractivity contribution in [3.05, 3.63) is 40.1 Å². The smallest absolute Gasteiger partial charge is 0.274 e. The summed E-state index contributed by atoms with van der Waals surface area (Å²) in [6.45, 7) is 1.67. The summed E-state index contributed by atoms with van der Waals surface area (Å²) in [7, 11) is 0. The normalized spacial score (nSPS) is 10.5. The Morgan fingerprint density at radius 3 is 2.80 bits per heavy atom. The van der Waals surface area contributed by atoms with Crippen LogP contribution >= 0.6 is 0 Å². The third-order valence-corrected chi connectivity index (χ3v) is 2.37. The molecule has 15 heavy (non-hydrogen) atoms. The van der Waals surface area contributed by atoms with Crippen molar-refractivity contribution in [2.75, 3.05) is 5.73 Å². The Hall–Kier alpha value is -2.17. The predicted octanol–water partition coefficient (Wildman–Crippen LogP) is 2.03. The first-order valence-electron chi connectivity index (χ1n) is 4.39. The molecule has 2 aromatic rings. The second-order valence-electron chi connectivity index (χ2n) is 3.26. The average molecular weight is 203 g/mol. The maximum atomic E-state index is 10.7. The molecule has 2 N–H and O–H groups in total. The SMILES string of the molecule is Cc1c([N+](=O)[O-])ccc2c(N)ccnc12. The van der Waals surface area contributed by atoms with E-state index in [0.717, 1.165) is 5.39 Å². The lowest BCUT2D eigenvalue weighted by atomic mass is 10.1. The van der Waals surface area contributed by atoms with E-state index in [4.69, 9.17) is 5.73 Å². The molecule has 1 heterocycles. The molecule has 1 aromatic heterocycles. The summed E-state index contributed by atoms with van der Waals surface area (Å²) in [4.78, 5) is 14.4. The van der Waals surface area contributed by atoms with Gasteiger partial charge in [0.25, 0.3) is 5.69 Å². The Labute approximate surface area is 85.7 Å². The van der Waals surface area contributed by atoms with Gasteiger partial charge in [0.2, 0.25) is 0 Å². The molecule has 5 heteroatoms. The summed E-state index contributed by atoms with van der Waals surface area (Å²) in [5, 5.41) is 11.4. The number of nitro groups is 1. The summed E-state index contributed by atoms with van der Waals surface area (Å²) in [6, 6.07) is 4.76. The summed E-state index contributed by atoms with van der Waals surface area (Å²) >= 11 is 0. The molecule has 0 fully saturated rings. The van der Waals surface area contributed by atoms with Gasteiger partial charge in [0.1, 0.15) is 0 Å². The average Bonchev–Trinajstić information content (AvgIpc) is 2.19. The van der Waals surface area contributed by atoms with Crippen LogP contribution in [0.4, 0.5) is 11.4 Å². The van der Waals surface area contributed by atoms with E-state index in [1.54, 1.807) is 25.3 Å². The molecule has 0 spiro atoms. The third kappa shape index (κ3) is 1.38. The number of aryl methyl sites for hydroxylation is 1. The van der Waals surface area contributed by atoms with E-state index >= 15 is 0 Å². The largest absolute Gasteiger partial charge is 0.398 e. The Balaban J connectivity index is 2.86. The Morgan fingerprint density at radius 2 is 2.13 bits per heavy atom. The zero-order valence-electron chi connectivity index (χ0n) is 8.10. The molecule has 5 nitrogen and oxygen atoms in total. The van der Waals surface area contributed by atoms with Crippen molar-refractivity contribution in [3.8, 4) is 0 Å². The van der Waals surface area contributed by atoms with E-state index in [1.165, 1.54) is 6.07 Å². The van der Waals surface area contributed by atoms with Gasteiger partial charge in [-0.05, 0) is 19.1 Å². The van der Waals surface area contributed by atoms with Crippen LogP contribution in [0.2, 0.25) is 0 Å². The number of pyridine rings is 1. The van der Waals surface area contributed by atoms with Gasteiger partial charge in [-0.1, -0.05) is 0 Å². The molecule has 0 bridgehead atoms. The standard InChI is InChI=1S/C10H9N3O2/c1-6-9(13(14)15)3-2-7-8(11)4-5-12-10(6)7/h2-5H,1H3,(H2,11,12). The highest BCUT2D eigenvalue weighted by Crippen LogP contribution is 2.28. The predicted molar refractivity (Wildman–Crippen MR) is 57.5 cm³/mol. The van der Waals surface area contributed by atoms with Crippen LogP contribution in [0.1, 0.15) is 5.56 Å². The van der Waals surface area contributed by atoms with Crippen LogP contribution in [-0.2, 0) is 0 Å². The monoisotopic (exact) mass is 203 g/mol. The molecule has 0 aliphatic heterocycles. The molecule has 0 radical (unpaired) electrons. The molecule has 0 saturated carbocycles. The number of aromatic nitrogens is 1. The number of benzene rings is 1. The molecule has 0 unspecified atom stereocenters. The van der Waals surface area contributed by atoms with E-state index < -0.39 is 4.92 Å². The topological polar surface area (TPSA) is 82.0 Å². The number of nitrogens with zero attached hydrogens (tertiary/aromatic N) is 2. The van der Waals surface area contributed by atoms with Crippen LogP contribution in [0.3, 0.4) is 0 Å². The number of anilines is 1. The van der Waals surface area contributed by atoms with Gasteiger partial charge in [0.05, 0.1) is 16.0 Å². The van der Waals surface area contributed by atoms with Crippen molar-refractivity contribution in [3.63, 3.8) is 0 Å². The van der Waals surface area contributed by atoms with Crippen molar-refractivity contribution in [2.45, 2.75) is 6.92 Å². The van der Waals surface area contributed by atoms with Crippen LogP contribution in [0.25, 0.3) is 10.9 Å². The first-order chi connectivity index (χ1) is 7.11. The molecule has 76 valence electrons. The van der Waals surface area contributed by atoms with E-state index in [-0.39, 0.29) is 5.69 Å². The Kier molecular flexibility index (Phi) is 2.00. The molecule has 0 saturated heterocycles. The first kappa shape index (κ1) is 9.39. The van der Waals surface area contributed by atoms with Crippen molar-refractivity contribution in [1.82, 2.24) is 4.98 Å². The third-order valence-electron chi connectivity index (χ3n) is 2.37. The molecular formula is C10H9N3O2. The van der Waals surface area contributed by atoms with Gasteiger partial charge in [0.15, 0.2) is 0 Å². The Morgan fingerprint density at radius 1 is 1.40 bits per heavy atom. The second-order valence-corrected chi connectivity index (χ2v) is 3.26. The quantitative estimate of drug-likeness (QED) is 0.567. The molecular weight excluding hydrogens is 194 g/mol. The van der Waals surface area contributed by atoms with Crippen molar-refractivity contribution in [1.29, 1.82) is 0 Å². The summed E-state index contributed by atoms with van der Waals surface area (Å²) in [5.74, 6) is 0. The van der Waals surface area contributed by atoms with Crippen molar-refractivity contribution < 1.29 is 4.92 Å². The van der Waals surface area contributed by atoms with Gasteiger partial charge in [-0.15, -0.1) is 0 Å². The fourth-order valence-electron chi connectivity index (χ4n) is 1.57. The van der Waals surface area contributed by atoms with Crippen LogP contribution in [0.15, 0.2) is 24.4 Å². The minimum atomic E-state index is -0.417. The second kappa shape index (κ2) is 3.20. The number of fused-ring (bicyclic) bond motifs is 1. The van der Waals surface area contributed by atoms with Crippen LogP contribution in [-0.4, -0.2) is 9.91 Å². The number of nitrogens with two attached hydrogens (primary N) is 1. The fourth-order valence-corrected chi connectivity index (χ4v) is 1.57. The zero-order chi connectivity index (χ0) is 11.0. The lowest BCUT2D eigenvalue weighted by molar-refractivity contribution is -0.385. The minimum Gasteiger partial charge on any atom is -0.398 e. The maximum absolute atomic E-state index is 10.7. The van der Waals surface area contributed by atoms with E-state index in [0.29, 0.717) is 16.8 Å². The van der Waals surface area contributed by atoms with Crippen LogP contribution < -0.4 is 5.73 Å². The van der Waals surface area contributed by atoms with Gasteiger partial charge in [0, 0.05) is 23.3 Å². The zero-order valence-corrected chi connectivity index (χ0v) is 8.10. The fraction of sp³-hybridized carbons (Fsp3) is 0.100. The van der Waals surface area contributed by atoms with Gasteiger partial charge in [-0.3, -0.25) is 15.1 Å².